The maximum atomic E-state index is 15.7. The predicted octanol–water partition coefficient (Wildman–Crippen LogP) is 7.11. The lowest BCUT2D eigenvalue weighted by Crippen LogP contribution is -2.48. The van der Waals surface area contributed by atoms with Crippen molar-refractivity contribution in [3.05, 3.63) is 58.4 Å². The number of thioether (sulfide) groups is 1. The molecule has 0 bridgehead atoms. The molecular formula is C31H40ClF2N5O4SSi. The van der Waals surface area contributed by atoms with E-state index in [2.05, 4.69) is 34.9 Å². The first kappa shape index (κ1) is 35.0. The summed E-state index contributed by atoms with van der Waals surface area (Å²) in [4.78, 5) is 40.9. The molecule has 1 aliphatic heterocycles. The molecule has 244 valence electrons. The van der Waals surface area contributed by atoms with E-state index in [0.717, 1.165) is 17.8 Å². The molecule has 2 aliphatic rings. The number of carbonyl (C=O) groups excluding carboxylic acids is 2. The van der Waals surface area contributed by atoms with Crippen LogP contribution >= 0.6 is 23.4 Å². The summed E-state index contributed by atoms with van der Waals surface area (Å²) in [7, 11) is 0.117. The monoisotopic (exact) mass is 679 g/mol. The highest BCUT2D eigenvalue weighted by Gasteiger charge is 2.71. The van der Waals surface area contributed by atoms with Gasteiger partial charge in [0, 0.05) is 33.2 Å². The van der Waals surface area contributed by atoms with Crippen LogP contribution in [0.1, 0.15) is 50.9 Å². The quantitative estimate of drug-likeness (QED) is 0.171. The van der Waals surface area contributed by atoms with Crippen molar-refractivity contribution >= 4 is 60.5 Å². The van der Waals surface area contributed by atoms with E-state index < -0.39 is 47.6 Å². The number of fused-ring (bicyclic) bond motifs is 1. The molecule has 1 unspecified atom stereocenters. The van der Waals surface area contributed by atoms with E-state index in [1.54, 1.807) is 27.7 Å². The Hall–Kier alpha value is -2.87. The number of aromatic nitrogens is 2. The summed E-state index contributed by atoms with van der Waals surface area (Å²) in [6.45, 7) is 13.9. The number of ether oxygens (including phenoxy) is 2. The largest absolute Gasteiger partial charge is 0.443 e. The van der Waals surface area contributed by atoms with Gasteiger partial charge in [0.05, 0.1) is 17.9 Å². The molecule has 9 nitrogen and oxygen atoms in total. The molecule has 1 saturated carbocycles. The second kappa shape index (κ2) is 13.1. The number of nitrogens with zero attached hydrogens (tertiary/aromatic N) is 4. The fourth-order valence-corrected chi connectivity index (χ4v) is 7.53. The normalized spacial score (nSPS) is 23.1. The van der Waals surface area contributed by atoms with Gasteiger partial charge in [-0.2, -0.15) is 0 Å². The number of hydrogen-bond acceptors (Lipinski definition) is 8. The lowest BCUT2D eigenvalue weighted by Gasteiger charge is -2.37. The van der Waals surface area contributed by atoms with Crippen LogP contribution in [0.2, 0.25) is 30.8 Å². The third-order valence-corrected chi connectivity index (χ3v) is 11.0. The fraction of sp³-hybridized carbons (Fsp3) is 0.516. The third kappa shape index (κ3) is 8.11. The second-order valence-corrected chi connectivity index (χ2v) is 20.9. The summed E-state index contributed by atoms with van der Waals surface area (Å²) >= 11 is 6.93. The zero-order valence-electron chi connectivity index (χ0n) is 26.8. The molecule has 1 aliphatic carbocycles. The van der Waals surface area contributed by atoms with Gasteiger partial charge in [-0.05, 0) is 63.9 Å². The van der Waals surface area contributed by atoms with Crippen molar-refractivity contribution in [1.82, 2.24) is 20.2 Å². The molecule has 1 aromatic heterocycles. The lowest BCUT2D eigenvalue weighted by molar-refractivity contribution is -0.121. The van der Waals surface area contributed by atoms with Crippen LogP contribution in [0.5, 0.6) is 0 Å². The topological polar surface area (TPSA) is 106 Å². The van der Waals surface area contributed by atoms with Crippen molar-refractivity contribution in [2.45, 2.75) is 75.7 Å². The summed E-state index contributed by atoms with van der Waals surface area (Å²) in [6, 6.07) is 5.05. The van der Waals surface area contributed by atoms with Crippen LogP contribution in [-0.2, 0) is 19.8 Å². The van der Waals surface area contributed by atoms with Crippen LogP contribution in [0.25, 0.3) is 11.9 Å². The van der Waals surface area contributed by atoms with Crippen molar-refractivity contribution in [3.8, 4) is 0 Å². The van der Waals surface area contributed by atoms with E-state index in [0.29, 0.717) is 18.6 Å². The molecule has 2 aromatic rings. The second-order valence-electron chi connectivity index (χ2n) is 13.6. The van der Waals surface area contributed by atoms with E-state index in [1.807, 2.05) is 0 Å². The molecule has 45 heavy (non-hydrogen) atoms. The van der Waals surface area contributed by atoms with Crippen LogP contribution < -0.4 is 5.32 Å². The smallest absolute Gasteiger partial charge is 0.418 e. The van der Waals surface area contributed by atoms with Crippen molar-refractivity contribution in [2.24, 2.45) is 10.9 Å². The molecule has 14 heteroatoms. The lowest BCUT2D eigenvalue weighted by atomic mass is 9.84. The number of halogens is 3. The number of aliphatic imine (C=N–C) groups is 1. The van der Waals surface area contributed by atoms with Crippen LogP contribution in [-0.4, -0.2) is 70.8 Å². The van der Waals surface area contributed by atoms with E-state index in [1.165, 1.54) is 48.6 Å². The van der Waals surface area contributed by atoms with Gasteiger partial charge in [0.2, 0.25) is 5.91 Å². The minimum atomic E-state index is -1.42. The Morgan fingerprint density at radius 2 is 1.96 bits per heavy atom. The maximum absolute atomic E-state index is 15.7. The number of carbonyl (C=O) groups is 2. The first-order valence-electron chi connectivity index (χ1n) is 14.6. The van der Waals surface area contributed by atoms with E-state index in [9.17, 15) is 9.59 Å². The Labute approximate surface area is 273 Å². The minimum absolute atomic E-state index is 0.0335. The molecule has 0 radical (unpaired) electrons. The Bertz CT molecular complexity index is 1510. The van der Waals surface area contributed by atoms with Crippen molar-refractivity contribution < 1.29 is 27.8 Å². The van der Waals surface area contributed by atoms with E-state index in [4.69, 9.17) is 26.1 Å². The van der Waals surface area contributed by atoms with Crippen LogP contribution in [0.15, 0.2) is 35.6 Å². The van der Waals surface area contributed by atoms with Crippen LogP contribution in [0.3, 0.4) is 0 Å². The number of rotatable bonds is 9. The van der Waals surface area contributed by atoms with Gasteiger partial charge in [-0.15, -0.1) is 0 Å². The standard InChI is InChI=1S/C31H40ClF2N5O4SSi/c1-29(2,3)43-28(41)39(18-42-11-12-45(6,7)8)27-38-30(4,24-15-31(24,44-27)26(40)35-5)20-13-19(9-10-21(20)33)14-22(34)23-16-37-25(32)17-36-23/h9-10,13-14,16-17,24H,11-12,15,18H2,1-8H3,(H,35,40)/b22-14-/t24?,30-,31+/m1/s1. The first-order valence-corrected chi connectivity index (χ1v) is 19.5. The van der Waals surface area contributed by atoms with Crippen molar-refractivity contribution in [1.29, 1.82) is 0 Å². The highest BCUT2D eigenvalue weighted by Crippen LogP contribution is 2.66. The SMILES string of the molecule is CNC(=O)[C@]12CC1[C@@](C)(c1cc(/C=C(\F)c3cnc(Cl)cn3)ccc1F)N=C(N(COCC[Si](C)(C)C)C(=O)OC(C)(C)C)S2. The molecule has 4 rings (SSSR count). The van der Waals surface area contributed by atoms with Crippen LogP contribution in [0.4, 0.5) is 13.6 Å². The molecule has 1 aromatic carbocycles. The third-order valence-electron chi connectivity index (χ3n) is 7.56. The average Bonchev–Trinajstić information content (AvgIpc) is 3.69. The number of amidine groups is 1. The number of benzene rings is 1. The van der Waals surface area contributed by atoms with Gasteiger partial charge in [-0.25, -0.2) is 28.4 Å². The van der Waals surface area contributed by atoms with Gasteiger partial charge in [-0.1, -0.05) is 49.1 Å². The van der Waals surface area contributed by atoms with Gasteiger partial charge < -0.3 is 14.8 Å². The first-order chi connectivity index (χ1) is 20.9. The maximum Gasteiger partial charge on any atom is 0.418 e. The summed E-state index contributed by atoms with van der Waals surface area (Å²) in [5.74, 6) is -1.94. The van der Waals surface area contributed by atoms with E-state index in [-0.39, 0.29) is 34.2 Å². The molecule has 3 atom stereocenters. The molecule has 2 amide bonds. The summed E-state index contributed by atoms with van der Waals surface area (Å²) in [5.41, 5.74) is -1.64. The molecular weight excluding hydrogens is 640 g/mol. The molecule has 1 N–H and O–H groups in total. The van der Waals surface area contributed by atoms with Crippen LogP contribution in [0, 0.1) is 11.7 Å². The van der Waals surface area contributed by atoms with Crippen molar-refractivity contribution in [2.75, 3.05) is 20.4 Å². The number of nitrogens with one attached hydrogen (secondary N) is 1. The average molecular weight is 680 g/mol. The van der Waals surface area contributed by atoms with Crippen molar-refractivity contribution in [3.63, 3.8) is 0 Å². The Morgan fingerprint density at radius 3 is 2.56 bits per heavy atom. The zero-order chi connectivity index (χ0) is 33.4. The highest BCUT2D eigenvalue weighted by atomic mass is 35.5. The summed E-state index contributed by atoms with van der Waals surface area (Å²) < 4.78 is 41.5. The van der Waals surface area contributed by atoms with Gasteiger partial charge in [0.1, 0.15) is 33.7 Å². The molecule has 0 spiro atoms. The summed E-state index contributed by atoms with van der Waals surface area (Å²) in [5, 5.41) is 3.03. The predicted molar refractivity (Wildman–Crippen MR) is 177 cm³/mol. The van der Waals surface area contributed by atoms with Gasteiger partial charge >= 0.3 is 6.09 Å². The molecule has 0 saturated heterocycles. The Kier molecular flexibility index (Phi) is 10.2. The number of amides is 2. The van der Waals surface area contributed by atoms with Gasteiger partial charge in [-0.3, -0.25) is 9.79 Å². The fourth-order valence-electron chi connectivity index (χ4n) is 5.06. The minimum Gasteiger partial charge on any atom is -0.443 e. The zero-order valence-corrected chi connectivity index (χ0v) is 29.4. The summed E-state index contributed by atoms with van der Waals surface area (Å²) in [6.07, 6.45) is 3.33. The Balaban J connectivity index is 1.78. The molecule has 2 heterocycles. The number of hydrogen-bond donors (Lipinski definition) is 1. The van der Waals surface area contributed by atoms with Gasteiger partial charge in [0.25, 0.3) is 0 Å². The molecule has 1 fully saturated rings. The van der Waals surface area contributed by atoms with E-state index >= 15 is 8.78 Å². The Morgan fingerprint density at radius 1 is 1.24 bits per heavy atom. The highest BCUT2D eigenvalue weighted by molar-refractivity contribution is 8.16. The van der Waals surface area contributed by atoms with Gasteiger partial charge in [0.15, 0.2) is 11.0 Å².